The van der Waals surface area contributed by atoms with Crippen LogP contribution in [0.25, 0.3) is 22.4 Å². The van der Waals surface area contributed by atoms with Crippen molar-refractivity contribution in [3.63, 3.8) is 0 Å². The van der Waals surface area contributed by atoms with E-state index in [1.807, 2.05) is 60.7 Å². The van der Waals surface area contributed by atoms with Crippen molar-refractivity contribution in [2.75, 3.05) is 0 Å². The minimum Gasteiger partial charge on any atom is -0.296 e. The maximum absolute atomic E-state index is 12.3. The average molecular weight is 278 g/mol. The maximum atomic E-state index is 12.3. The highest BCUT2D eigenvalue weighted by molar-refractivity contribution is 5.80. The lowest BCUT2D eigenvalue weighted by molar-refractivity contribution is 0.811. The van der Waals surface area contributed by atoms with Crippen LogP contribution in [0.5, 0.6) is 0 Å². The standard InChI is InChI=1S/C17H14N2O2/c1-19-15(13-10-6-3-7-11-13)14(16(20)18-17(19)21)12-8-4-2-5-9-12/h2-11H,1H3,(H,18,20,21). The molecule has 3 rings (SSSR count). The molecule has 0 amide bonds. The smallest absolute Gasteiger partial charge is 0.296 e. The van der Waals surface area contributed by atoms with E-state index in [0.29, 0.717) is 11.3 Å². The summed E-state index contributed by atoms with van der Waals surface area (Å²) >= 11 is 0. The molecule has 4 nitrogen and oxygen atoms in total. The monoisotopic (exact) mass is 278 g/mol. The number of nitrogens with one attached hydrogen (secondary N) is 1. The summed E-state index contributed by atoms with van der Waals surface area (Å²) in [5.41, 5.74) is 1.95. The Morgan fingerprint density at radius 1 is 0.810 bits per heavy atom. The molecule has 0 aliphatic heterocycles. The lowest BCUT2D eigenvalue weighted by Crippen LogP contribution is -2.30. The summed E-state index contributed by atoms with van der Waals surface area (Å²) < 4.78 is 1.47. The van der Waals surface area contributed by atoms with Gasteiger partial charge in [-0.15, -0.1) is 0 Å². The first-order valence-electron chi connectivity index (χ1n) is 6.62. The van der Waals surface area contributed by atoms with Gasteiger partial charge >= 0.3 is 5.69 Å². The second-order valence-corrected chi connectivity index (χ2v) is 4.77. The van der Waals surface area contributed by atoms with E-state index in [0.717, 1.165) is 11.1 Å². The van der Waals surface area contributed by atoms with Crippen LogP contribution >= 0.6 is 0 Å². The van der Waals surface area contributed by atoms with Gasteiger partial charge in [-0.1, -0.05) is 60.7 Å². The van der Waals surface area contributed by atoms with Crippen LogP contribution in [0.4, 0.5) is 0 Å². The highest BCUT2D eigenvalue weighted by Crippen LogP contribution is 2.27. The van der Waals surface area contributed by atoms with E-state index in [1.165, 1.54) is 4.57 Å². The van der Waals surface area contributed by atoms with Crippen molar-refractivity contribution in [1.82, 2.24) is 9.55 Å². The molecule has 21 heavy (non-hydrogen) atoms. The van der Waals surface area contributed by atoms with Crippen LogP contribution < -0.4 is 11.2 Å². The van der Waals surface area contributed by atoms with Crippen molar-refractivity contribution in [3.05, 3.63) is 81.5 Å². The molecule has 1 N–H and O–H groups in total. The zero-order valence-corrected chi connectivity index (χ0v) is 11.5. The topological polar surface area (TPSA) is 54.9 Å². The van der Waals surface area contributed by atoms with Crippen molar-refractivity contribution in [2.24, 2.45) is 7.05 Å². The van der Waals surface area contributed by atoms with Gasteiger partial charge in [-0.25, -0.2) is 4.79 Å². The summed E-state index contributed by atoms with van der Waals surface area (Å²) in [4.78, 5) is 26.6. The molecule has 0 spiro atoms. The number of aromatic nitrogens is 2. The third-order valence-corrected chi connectivity index (χ3v) is 3.43. The highest BCUT2D eigenvalue weighted by atomic mass is 16.2. The molecule has 1 heterocycles. The molecule has 0 atom stereocenters. The third-order valence-electron chi connectivity index (χ3n) is 3.43. The SMILES string of the molecule is Cn1c(-c2ccccc2)c(-c2ccccc2)c(=O)[nH]c1=O. The molecule has 2 aromatic carbocycles. The molecule has 0 unspecified atom stereocenters. The van der Waals surface area contributed by atoms with Gasteiger partial charge in [-0.05, 0) is 11.1 Å². The molecule has 1 aromatic heterocycles. The Morgan fingerprint density at radius 2 is 1.33 bits per heavy atom. The Morgan fingerprint density at radius 3 is 1.90 bits per heavy atom. The lowest BCUT2D eigenvalue weighted by Gasteiger charge is -2.13. The molecule has 0 aliphatic carbocycles. The second kappa shape index (κ2) is 5.25. The summed E-state index contributed by atoms with van der Waals surface area (Å²) in [7, 11) is 1.66. The lowest BCUT2D eigenvalue weighted by atomic mass is 10.0. The zero-order valence-electron chi connectivity index (χ0n) is 11.5. The van der Waals surface area contributed by atoms with Gasteiger partial charge < -0.3 is 0 Å². The number of rotatable bonds is 2. The Bertz CT molecular complexity index is 878. The number of hydrogen-bond acceptors (Lipinski definition) is 2. The number of hydrogen-bond donors (Lipinski definition) is 1. The molecular formula is C17H14N2O2. The predicted molar refractivity (Wildman–Crippen MR) is 83.2 cm³/mol. The molecule has 0 saturated carbocycles. The van der Waals surface area contributed by atoms with Crippen LogP contribution in [-0.2, 0) is 7.05 Å². The van der Waals surface area contributed by atoms with E-state index < -0.39 is 5.69 Å². The molecule has 0 fully saturated rings. The van der Waals surface area contributed by atoms with Gasteiger partial charge in [-0.3, -0.25) is 14.3 Å². The highest BCUT2D eigenvalue weighted by Gasteiger charge is 2.15. The normalized spacial score (nSPS) is 10.5. The fourth-order valence-electron chi connectivity index (χ4n) is 2.43. The number of benzene rings is 2. The van der Waals surface area contributed by atoms with E-state index >= 15 is 0 Å². The number of aromatic amines is 1. The van der Waals surface area contributed by atoms with E-state index in [-0.39, 0.29) is 5.56 Å². The van der Waals surface area contributed by atoms with Crippen LogP contribution in [0.3, 0.4) is 0 Å². The van der Waals surface area contributed by atoms with Crippen LogP contribution in [0, 0.1) is 0 Å². The summed E-state index contributed by atoms with van der Waals surface area (Å²) in [6.45, 7) is 0. The first-order valence-corrected chi connectivity index (χ1v) is 6.62. The van der Waals surface area contributed by atoms with Crippen molar-refractivity contribution in [1.29, 1.82) is 0 Å². The van der Waals surface area contributed by atoms with Gasteiger partial charge in [0.15, 0.2) is 0 Å². The summed E-state index contributed by atoms with van der Waals surface area (Å²) in [6.07, 6.45) is 0. The first kappa shape index (κ1) is 13.1. The largest absolute Gasteiger partial charge is 0.328 e. The fourth-order valence-corrected chi connectivity index (χ4v) is 2.43. The van der Waals surface area contributed by atoms with Gasteiger partial charge in [0.25, 0.3) is 5.56 Å². The average Bonchev–Trinajstić information content (AvgIpc) is 2.52. The number of H-pyrrole nitrogens is 1. The van der Waals surface area contributed by atoms with E-state index in [4.69, 9.17) is 0 Å². The van der Waals surface area contributed by atoms with Crippen LogP contribution in [0.2, 0.25) is 0 Å². The summed E-state index contributed by atoms with van der Waals surface area (Å²) in [5.74, 6) is 0. The molecule has 104 valence electrons. The van der Waals surface area contributed by atoms with Gasteiger partial charge in [0, 0.05) is 7.05 Å². The second-order valence-electron chi connectivity index (χ2n) is 4.77. The molecular weight excluding hydrogens is 264 g/mol. The quantitative estimate of drug-likeness (QED) is 0.782. The zero-order chi connectivity index (χ0) is 14.8. The third kappa shape index (κ3) is 2.31. The Hall–Kier alpha value is -2.88. The summed E-state index contributed by atoms with van der Waals surface area (Å²) in [5, 5.41) is 0. The van der Waals surface area contributed by atoms with Crippen molar-refractivity contribution >= 4 is 0 Å². The molecule has 4 heteroatoms. The number of nitrogens with zero attached hydrogens (tertiary/aromatic N) is 1. The Balaban J connectivity index is 2.43. The first-order chi connectivity index (χ1) is 10.2. The predicted octanol–water partition coefficient (Wildman–Crippen LogP) is 2.41. The fraction of sp³-hybridized carbons (Fsp3) is 0.0588. The van der Waals surface area contributed by atoms with Crippen LogP contribution in [-0.4, -0.2) is 9.55 Å². The van der Waals surface area contributed by atoms with Crippen molar-refractivity contribution in [3.8, 4) is 22.4 Å². The van der Waals surface area contributed by atoms with E-state index in [2.05, 4.69) is 4.98 Å². The molecule has 3 aromatic rings. The molecule has 0 bridgehead atoms. The van der Waals surface area contributed by atoms with E-state index in [1.54, 1.807) is 7.05 Å². The maximum Gasteiger partial charge on any atom is 0.328 e. The Kier molecular flexibility index (Phi) is 3.28. The van der Waals surface area contributed by atoms with Gasteiger partial charge in [0.2, 0.25) is 0 Å². The van der Waals surface area contributed by atoms with E-state index in [9.17, 15) is 9.59 Å². The van der Waals surface area contributed by atoms with Crippen LogP contribution in [0.15, 0.2) is 70.3 Å². The minimum absolute atomic E-state index is 0.372. The Labute approximate surface area is 121 Å². The van der Waals surface area contributed by atoms with Gasteiger partial charge in [0.1, 0.15) is 0 Å². The minimum atomic E-state index is -0.418. The van der Waals surface area contributed by atoms with Crippen LogP contribution in [0.1, 0.15) is 0 Å². The molecule has 0 saturated heterocycles. The van der Waals surface area contributed by atoms with Crippen molar-refractivity contribution in [2.45, 2.75) is 0 Å². The molecule has 0 aliphatic rings. The summed E-state index contributed by atoms with van der Waals surface area (Å²) in [6, 6.07) is 18.8. The molecule has 0 radical (unpaired) electrons. The van der Waals surface area contributed by atoms with Gasteiger partial charge in [0.05, 0.1) is 11.3 Å². The van der Waals surface area contributed by atoms with Gasteiger partial charge in [-0.2, -0.15) is 0 Å². The van der Waals surface area contributed by atoms with Crippen molar-refractivity contribution < 1.29 is 0 Å².